The van der Waals surface area contributed by atoms with Gasteiger partial charge in [0.25, 0.3) is 0 Å². The highest BCUT2D eigenvalue weighted by molar-refractivity contribution is 7.91. The molecule has 0 aromatic heterocycles. The van der Waals surface area contributed by atoms with Crippen molar-refractivity contribution in [2.45, 2.75) is 18.6 Å². The minimum absolute atomic E-state index is 0.0140. The van der Waals surface area contributed by atoms with E-state index in [1.807, 2.05) is 24.3 Å². The Morgan fingerprint density at radius 3 is 2.74 bits per heavy atom. The summed E-state index contributed by atoms with van der Waals surface area (Å²) in [7, 11) is -1.47. The number of methoxy groups -OCH3 is 1. The molecule has 0 amide bonds. The van der Waals surface area contributed by atoms with Crippen LogP contribution in [0, 0.1) is 0 Å². The molecular weight excluding hydrogens is 266 g/mol. The second kappa shape index (κ2) is 5.90. The summed E-state index contributed by atoms with van der Waals surface area (Å²) in [5.74, 6) is 0.697. The van der Waals surface area contributed by atoms with E-state index < -0.39 is 15.9 Å². The van der Waals surface area contributed by atoms with Crippen molar-refractivity contribution in [2.75, 3.05) is 25.2 Å². The van der Waals surface area contributed by atoms with Gasteiger partial charge in [-0.25, -0.2) is 8.42 Å². The Morgan fingerprint density at radius 2 is 2.11 bits per heavy atom. The molecule has 2 atom stereocenters. The molecule has 6 heteroatoms. The summed E-state index contributed by atoms with van der Waals surface area (Å²) >= 11 is 0. The van der Waals surface area contributed by atoms with Crippen LogP contribution in [0.5, 0.6) is 5.75 Å². The second-order valence-electron chi connectivity index (χ2n) is 4.77. The minimum Gasteiger partial charge on any atom is -0.496 e. The van der Waals surface area contributed by atoms with Crippen LogP contribution in [0.3, 0.4) is 0 Å². The first-order valence-corrected chi connectivity index (χ1v) is 8.08. The molecule has 106 valence electrons. The zero-order valence-electron chi connectivity index (χ0n) is 10.9. The molecule has 0 saturated carbocycles. The van der Waals surface area contributed by atoms with E-state index in [4.69, 9.17) is 4.74 Å². The van der Waals surface area contributed by atoms with Crippen molar-refractivity contribution < 1.29 is 18.3 Å². The van der Waals surface area contributed by atoms with Gasteiger partial charge in [-0.05, 0) is 24.6 Å². The van der Waals surface area contributed by atoms with Gasteiger partial charge in [0.1, 0.15) is 5.75 Å². The van der Waals surface area contributed by atoms with Gasteiger partial charge in [-0.15, -0.1) is 0 Å². The quantitative estimate of drug-likeness (QED) is 0.795. The normalized spacial score (nSPS) is 25.4. The molecule has 1 saturated heterocycles. The maximum absolute atomic E-state index is 11.4. The summed E-state index contributed by atoms with van der Waals surface area (Å²) in [5, 5.41) is 12.8. The number of aliphatic hydroxyl groups is 1. The smallest absolute Gasteiger partial charge is 0.154 e. The molecule has 2 N–H and O–H groups in total. The van der Waals surface area contributed by atoms with Gasteiger partial charge in [-0.2, -0.15) is 0 Å². The summed E-state index contributed by atoms with van der Waals surface area (Å²) in [5.41, 5.74) is 1.06. The van der Waals surface area contributed by atoms with Crippen molar-refractivity contribution in [3.05, 3.63) is 29.8 Å². The van der Waals surface area contributed by atoms with Gasteiger partial charge in [-0.3, -0.25) is 0 Å². The summed E-state index contributed by atoms with van der Waals surface area (Å²) in [6.45, 7) is 0.609. The molecule has 0 aliphatic carbocycles. The Balaban J connectivity index is 1.87. The van der Waals surface area contributed by atoms with Crippen molar-refractivity contribution in [3.8, 4) is 5.75 Å². The predicted octanol–water partition coefficient (Wildman–Crippen LogP) is -0.0148. The SMILES string of the molecule is COc1ccccc1CCNC1CS(=O)(=O)CC1O. The third-order valence-electron chi connectivity index (χ3n) is 3.32. The zero-order valence-corrected chi connectivity index (χ0v) is 11.7. The van der Waals surface area contributed by atoms with Crippen LogP contribution in [-0.4, -0.2) is 50.8 Å². The zero-order chi connectivity index (χ0) is 13.9. The molecule has 2 unspecified atom stereocenters. The van der Waals surface area contributed by atoms with Crippen LogP contribution < -0.4 is 10.1 Å². The topological polar surface area (TPSA) is 75.6 Å². The van der Waals surface area contributed by atoms with Crippen LogP contribution in [0.25, 0.3) is 0 Å². The van der Waals surface area contributed by atoms with E-state index in [0.29, 0.717) is 6.54 Å². The van der Waals surface area contributed by atoms with Crippen LogP contribution in [0.15, 0.2) is 24.3 Å². The maximum Gasteiger partial charge on any atom is 0.154 e. The van der Waals surface area contributed by atoms with Gasteiger partial charge in [0, 0.05) is 6.04 Å². The monoisotopic (exact) mass is 285 g/mol. The van der Waals surface area contributed by atoms with Gasteiger partial charge in [0.05, 0.1) is 24.7 Å². The van der Waals surface area contributed by atoms with E-state index in [9.17, 15) is 13.5 Å². The Hall–Kier alpha value is -1.11. The lowest BCUT2D eigenvalue weighted by atomic mass is 10.1. The summed E-state index contributed by atoms with van der Waals surface area (Å²) in [6.07, 6.45) is -0.0736. The van der Waals surface area contributed by atoms with E-state index in [-0.39, 0.29) is 17.5 Å². The lowest BCUT2D eigenvalue weighted by molar-refractivity contribution is 0.166. The third kappa shape index (κ3) is 3.68. The van der Waals surface area contributed by atoms with Gasteiger partial charge in [-0.1, -0.05) is 18.2 Å². The van der Waals surface area contributed by atoms with Gasteiger partial charge < -0.3 is 15.2 Å². The van der Waals surface area contributed by atoms with E-state index in [1.165, 1.54) is 0 Å². The van der Waals surface area contributed by atoms with Crippen molar-refractivity contribution in [1.29, 1.82) is 0 Å². The highest BCUT2D eigenvalue weighted by Gasteiger charge is 2.35. The fourth-order valence-electron chi connectivity index (χ4n) is 2.33. The number of rotatable bonds is 5. The molecular formula is C13H19NO4S. The first kappa shape index (κ1) is 14.3. The van der Waals surface area contributed by atoms with Gasteiger partial charge >= 0.3 is 0 Å². The van der Waals surface area contributed by atoms with Crippen LogP contribution >= 0.6 is 0 Å². The van der Waals surface area contributed by atoms with E-state index >= 15 is 0 Å². The first-order valence-electron chi connectivity index (χ1n) is 6.25. The molecule has 1 aromatic carbocycles. The lowest BCUT2D eigenvalue weighted by Crippen LogP contribution is -2.39. The third-order valence-corrected chi connectivity index (χ3v) is 5.03. The van der Waals surface area contributed by atoms with Crippen LogP contribution in [-0.2, 0) is 16.3 Å². The number of benzene rings is 1. The summed E-state index contributed by atoms with van der Waals surface area (Å²) in [4.78, 5) is 0. The average Bonchev–Trinajstić information content (AvgIpc) is 2.63. The van der Waals surface area contributed by atoms with Gasteiger partial charge in [0.15, 0.2) is 9.84 Å². The molecule has 0 bridgehead atoms. The number of aliphatic hydroxyl groups excluding tert-OH is 1. The first-order chi connectivity index (χ1) is 9.02. The number of sulfone groups is 1. The number of hydrogen-bond donors (Lipinski definition) is 2. The molecule has 1 aliphatic heterocycles. The van der Waals surface area contributed by atoms with Crippen molar-refractivity contribution in [3.63, 3.8) is 0 Å². The van der Waals surface area contributed by atoms with Crippen molar-refractivity contribution in [1.82, 2.24) is 5.32 Å². The molecule has 0 spiro atoms. The number of hydrogen-bond acceptors (Lipinski definition) is 5. The fraction of sp³-hybridized carbons (Fsp3) is 0.538. The number of nitrogens with one attached hydrogen (secondary N) is 1. The highest BCUT2D eigenvalue weighted by atomic mass is 32.2. The van der Waals surface area contributed by atoms with E-state index in [0.717, 1.165) is 17.7 Å². The maximum atomic E-state index is 11.4. The molecule has 1 fully saturated rings. The molecule has 19 heavy (non-hydrogen) atoms. The molecule has 1 heterocycles. The second-order valence-corrected chi connectivity index (χ2v) is 6.92. The standard InChI is InChI=1S/C13H19NO4S/c1-18-13-5-3-2-4-10(13)6-7-14-11-8-19(16,17)9-12(11)15/h2-5,11-12,14-15H,6-9H2,1H3. The molecule has 2 rings (SSSR count). The van der Waals surface area contributed by atoms with E-state index in [1.54, 1.807) is 7.11 Å². The van der Waals surface area contributed by atoms with Crippen LogP contribution in [0.1, 0.15) is 5.56 Å². The minimum atomic E-state index is -3.09. The molecule has 1 aliphatic rings. The Morgan fingerprint density at radius 1 is 1.37 bits per heavy atom. The largest absolute Gasteiger partial charge is 0.496 e. The van der Waals surface area contributed by atoms with Crippen LogP contribution in [0.2, 0.25) is 0 Å². The molecule has 0 radical (unpaired) electrons. The van der Waals surface area contributed by atoms with Crippen molar-refractivity contribution in [2.24, 2.45) is 0 Å². The summed E-state index contributed by atoms with van der Waals surface area (Å²) in [6, 6.07) is 7.35. The summed E-state index contributed by atoms with van der Waals surface area (Å²) < 4.78 is 28.0. The Labute approximate surface area is 113 Å². The van der Waals surface area contributed by atoms with Crippen molar-refractivity contribution >= 4 is 9.84 Å². The van der Waals surface area contributed by atoms with Gasteiger partial charge in [0.2, 0.25) is 0 Å². The Kier molecular flexibility index (Phi) is 4.44. The van der Waals surface area contributed by atoms with Crippen LogP contribution in [0.4, 0.5) is 0 Å². The number of para-hydroxylation sites is 1. The number of ether oxygens (including phenoxy) is 1. The fourth-order valence-corrected chi connectivity index (χ4v) is 4.10. The van der Waals surface area contributed by atoms with E-state index in [2.05, 4.69) is 5.32 Å². The average molecular weight is 285 g/mol. The predicted molar refractivity (Wildman–Crippen MR) is 73.1 cm³/mol. The highest BCUT2D eigenvalue weighted by Crippen LogP contribution is 2.18. The Bertz CT molecular complexity index is 529. The lowest BCUT2D eigenvalue weighted by Gasteiger charge is -2.15. The molecule has 5 nitrogen and oxygen atoms in total. The molecule has 1 aromatic rings.